The number of rotatable bonds is 22. The Morgan fingerprint density at radius 2 is 1.26 bits per heavy atom. The number of nitrogens with one attached hydrogen (secondary N) is 5. The van der Waals surface area contributed by atoms with Crippen LogP contribution in [0.5, 0.6) is 0 Å². The highest BCUT2D eigenvalue weighted by molar-refractivity contribution is 5.89. The van der Waals surface area contributed by atoms with Crippen molar-refractivity contribution < 1.29 is 48.9 Å². The lowest BCUT2D eigenvalue weighted by Gasteiger charge is -2.32. The molecule has 1 saturated heterocycles. The zero-order chi connectivity index (χ0) is 47.1. The van der Waals surface area contributed by atoms with Gasteiger partial charge in [-0.2, -0.15) is 0 Å². The van der Waals surface area contributed by atoms with Gasteiger partial charge in [0.05, 0.1) is 13.1 Å². The zero-order valence-corrected chi connectivity index (χ0v) is 38.1. The molecule has 4 rings (SSSR count). The lowest BCUT2D eigenvalue weighted by atomic mass is 9.81. The molecule has 1 heterocycles. The van der Waals surface area contributed by atoms with Crippen LogP contribution in [0.2, 0.25) is 0 Å². The van der Waals surface area contributed by atoms with Crippen LogP contribution in [0.15, 0.2) is 42.5 Å². The van der Waals surface area contributed by atoms with Crippen LogP contribution in [0.25, 0.3) is 10.8 Å². The summed E-state index contributed by atoms with van der Waals surface area (Å²) in [5.74, 6) is -3.81. The summed E-state index contributed by atoms with van der Waals surface area (Å²) in [6.07, 6.45) is 3.98. The van der Waals surface area contributed by atoms with Crippen LogP contribution in [0.4, 0.5) is 4.79 Å². The second kappa shape index (κ2) is 27.8. The van der Waals surface area contributed by atoms with Crippen molar-refractivity contribution in [3.63, 3.8) is 0 Å². The molecule has 360 valence electrons. The molecule has 1 saturated carbocycles. The minimum Gasteiger partial charge on any atom is -0.481 e. The number of carbonyl (C=O) groups is 7. The van der Waals surface area contributed by atoms with E-state index in [1.807, 2.05) is 54.4 Å². The minimum absolute atomic E-state index is 0.0453. The first kappa shape index (κ1) is 52.3. The normalized spacial score (nSPS) is 19.4. The molecule has 1 aliphatic carbocycles. The number of carbonyl (C=O) groups excluding carboxylic acids is 4. The van der Waals surface area contributed by atoms with Gasteiger partial charge in [0.2, 0.25) is 17.7 Å². The molecule has 0 spiro atoms. The van der Waals surface area contributed by atoms with E-state index in [9.17, 15) is 43.8 Å². The van der Waals surface area contributed by atoms with Crippen LogP contribution < -0.4 is 26.6 Å². The maximum absolute atomic E-state index is 13.8. The van der Waals surface area contributed by atoms with Gasteiger partial charge in [-0.25, -0.2) is 9.59 Å². The van der Waals surface area contributed by atoms with Gasteiger partial charge in [0.25, 0.3) is 0 Å². The topological polar surface area (TPSA) is 253 Å². The number of benzene rings is 2. The number of fused-ring (bicyclic) bond motifs is 1. The molecule has 5 amide bonds. The van der Waals surface area contributed by atoms with Crippen LogP contribution in [-0.2, 0) is 35.2 Å². The average Bonchev–Trinajstić information content (AvgIpc) is 3.27. The highest BCUT2D eigenvalue weighted by Gasteiger charge is 2.30. The number of carboxylic acid groups (broad SMARTS) is 3. The van der Waals surface area contributed by atoms with E-state index >= 15 is 0 Å². The summed E-state index contributed by atoms with van der Waals surface area (Å²) in [6, 6.07) is 11.1. The number of aliphatic carboxylic acids is 3. The van der Waals surface area contributed by atoms with Crippen LogP contribution in [0.3, 0.4) is 0 Å². The Hall–Kier alpha value is -5.37. The molecular formula is C46H71N9O10. The minimum atomic E-state index is -1.21. The second-order valence-corrected chi connectivity index (χ2v) is 17.6. The molecule has 2 fully saturated rings. The Labute approximate surface area is 382 Å². The summed E-state index contributed by atoms with van der Waals surface area (Å²) in [4.78, 5) is 95.3. The van der Waals surface area contributed by atoms with Crippen LogP contribution in [0, 0.1) is 11.8 Å². The first-order valence-corrected chi connectivity index (χ1v) is 23.0. The van der Waals surface area contributed by atoms with Gasteiger partial charge in [0.1, 0.15) is 12.1 Å². The Bertz CT molecular complexity index is 1880. The standard InChI is InChI=1S/C46H71N9O10/c1-52-20-21-53(2)23-25-55(32-42(59)60)27-26-54(24-22-52)31-40(56)49-30-33-12-16-36(17-13-33)43(61)50-39(29-34-14-15-35-8-3-4-9-37(35)28-34)44(62)47-18-6-5-10-38(45(63)64)51-46(65)48-19-7-11-41(57)58/h3-4,8-9,14-15,28,33,36,38-39H,5-7,10-13,16-27,29-32H2,1-2H3,(H,47,62)(H,49,56)(H,50,61)(H,57,58)(H,59,60)(H,63,64)(H2,48,51,65). The average molecular weight is 910 g/mol. The summed E-state index contributed by atoms with van der Waals surface area (Å²) in [6.45, 7) is 6.71. The number of likely N-dealkylation sites (N-methyl/N-ethyl adjacent to an activating group) is 2. The Morgan fingerprint density at radius 3 is 1.91 bits per heavy atom. The fourth-order valence-corrected chi connectivity index (χ4v) is 8.17. The third-order valence-electron chi connectivity index (χ3n) is 12.3. The molecule has 19 nitrogen and oxygen atoms in total. The van der Waals surface area contributed by atoms with E-state index in [0.717, 1.165) is 55.4 Å². The smallest absolute Gasteiger partial charge is 0.326 e. The molecule has 65 heavy (non-hydrogen) atoms. The number of nitrogens with zero attached hydrogens (tertiary/aromatic N) is 4. The van der Waals surface area contributed by atoms with Gasteiger partial charge < -0.3 is 51.7 Å². The predicted molar refractivity (Wildman–Crippen MR) is 245 cm³/mol. The van der Waals surface area contributed by atoms with Crippen molar-refractivity contribution in [2.24, 2.45) is 11.8 Å². The molecule has 2 aromatic rings. The summed E-state index contributed by atoms with van der Waals surface area (Å²) in [5, 5.41) is 43.8. The molecule has 2 aliphatic rings. The third-order valence-corrected chi connectivity index (χ3v) is 12.3. The lowest BCUT2D eigenvalue weighted by molar-refractivity contribution is -0.140. The van der Waals surface area contributed by atoms with E-state index in [0.29, 0.717) is 58.4 Å². The lowest BCUT2D eigenvalue weighted by Crippen LogP contribution is -2.50. The molecule has 0 radical (unpaired) electrons. The highest BCUT2D eigenvalue weighted by Crippen LogP contribution is 2.29. The summed E-state index contributed by atoms with van der Waals surface area (Å²) < 4.78 is 0. The number of amides is 5. The fourth-order valence-electron chi connectivity index (χ4n) is 8.17. The number of urea groups is 1. The van der Waals surface area contributed by atoms with Crippen molar-refractivity contribution in [1.82, 2.24) is 46.2 Å². The van der Waals surface area contributed by atoms with E-state index in [-0.39, 0.29) is 81.4 Å². The third kappa shape index (κ3) is 20.1. The Kier molecular flexibility index (Phi) is 22.4. The van der Waals surface area contributed by atoms with Crippen molar-refractivity contribution in [3.05, 3.63) is 48.0 Å². The largest absolute Gasteiger partial charge is 0.481 e. The van der Waals surface area contributed by atoms with E-state index in [2.05, 4.69) is 48.3 Å². The molecule has 8 N–H and O–H groups in total. The van der Waals surface area contributed by atoms with Gasteiger partial charge >= 0.3 is 23.9 Å². The van der Waals surface area contributed by atoms with Crippen molar-refractivity contribution in [1.29, 1.82) is 0 Å². The molecule has 1 aliphatic heterocycles. The summed E-state index contributed by atoms with van der Waals surface area (Å²) in [5.41, 5.74) is 0.880. The molecule has 2 atom stereocenters. The zero-order valence-electron chi connectivity index (χ0n) is 38.1. The van der Waals surface area contributed by atoms with Gasteiger partial charge in [-0.1, -0.05) is 42.5 Å². The van der Waals surface area contributed by atoms with E-state index < -0.39 is 36.0 Å². The molecule has 0 bridgehead atoms. The fraction of sp³-hybridized carbons (Fsp3) is 0.630. The number of hydrogen-bond acceptors (Lipinski definition) is 11. The first-order valence-electron chi connectivity index (χ1n) is 23.0. The molecule has 2 aromatic carbocycles. The molecule has 2 unspecified atom stereocenters. The Balaban J connectivity index is 1.26. The first-order chi connectivity index (χ1) is 31.1. The number of unbranched alkanes of at least 4 members (excludes halogenated alkanes) is 1. The quantitative estimate of drug-likeness (QED) is 0.0775. The van der Waals surface area contributed by atoms with Gasteiger partial charge in [0, 0.05) is 90.8 Å². The van der Waals surface area contributed by atoms with Crippen molar-refractivity contribution in [3.8, 4) is 0 Å². The van der Waals surface area contributed by atoms with Crippen LogP contribution in [-0.4, -0.2) is 188 Å². The predicted octanol–water partition coefficient (Wildman–Crippen LogP) is 1.26. The SMILES string of the molecule is CN1CCN(C)CCN(CC(=O)NCC2CCC(C(=O)NC(Cc3ccc4ccccc4c3)C(=O)NCCCCC(NC(=O)NCCCC(=O)O)C(=O)O)CC2)CCN(CC(=O)O)CC1. The molecule has 0 aromatic heterocycles. The Morgan fingerprint density at radius 1 is 0.646 bits per heavy atom. The molecular weight excluding hydrogens is 839 g/mol. The monoisotopic (exact) mass is 910 g/mol. The van der Waals surface area contributed by atoms with Crippen molar-refractivity contribution in [2.75, 3.05) is 99.2 Å². The van der Waals surface area contributed by atoms with Crippen LogP contribution >= 0.6 is 0 Å². The summed E-state index contributed by atoms with van der Waals surface area (Å²) >= 11 is 0. The summed E-state index contributed by atoms with van der Waals surface area (Å²) in [7, 11) is 4.11. The highest BCUT2D eigenvalue weighted by atomic mass is 16.4. The van der Waals surface area contributed by atoms with E-state index in [4.69, 9.17) is 5.11 Å². The van der Waals surface area contributed by atoms with Gasteiger partial charge in [-0.15, -0.1) is 0 Å². The molecule has 19 heteroatoms. The van der Waals surface area contributed by atoms with Gasteiger partial charge in [-0.3, -0.25) is 33.8 Å². The van der Waals surface area contributed by atoms with Gasteiger partial charge in [-0.05, 0) is 87.7 Å². The second-order valence-electron chi connectivity index (χ2n) is 17.6. The maximum atomic E-state index is 13.8. The van der Waals surface area contributed by atoms with E-state index in [1.165, 1.54) is 0 Å². The van der Waals surface area contributed by atoms with Crippen molar-refractivity contribution in [2.45, 2.75) is 76.3 Å². The maximum Gasteiger partial charge on any atom is 0.326 e. The number of hydrogen-bond donors (Lipinski definition) is 8. The van der Waals surface area contributed by atoms with E-state index in [1.54, 1.807) is 0 Å². The van der Waals surface area contributed by atoms with Gasteiger partial charge in [0.15, 0.2) is 0 Å². The van der Waals surface area contributed by atoms with Crippen LogP contribution in [0.1, 0.15) is 63.4 Å². The number of carboxylic acids is 3. The van der Waals surface area contributed by atoms with Crippen molar-refractivity contribution >= 4 is 52.4 Å².